The van der Waals surface area contributed by atoms with Gasteiger partial charge < -0.3 is 27.7 Å². The van der Waals surface area contributed by atoms with Crippen molar-refractivity contribution in [2.45, 2.75) is 24.4 Å². The van der Waals surface area contributed by atoms with Gasteiger partial charge in [-0.15, -0.1) is 0 Å². The van der Waals surface area contributed by atoms with Gasteiger partial charge in [-0.2, -0.15) is 0 Å². The molecule has 0 aromatic carbocycles. The predicted molar refractivity (Wildman–Crippen MR) is 37.9 cm³/mol. The van der Waals surface area contributed by atoms with Crippen LogP contribution in [0.15, 0.2) is 0 Å². The first-order valence-corrected chi connectivity index (χ1v) is 3.27. The number of rotatable bonds is 0. The lowest BCUT2D eigenvalue weighted by Crippen LogP contribution is -2.66. The van der Waals surface area contributed by atoms with Crippen molar-refractivity contribution < 1.29 is 4.74 Å². The van der Waals surface area contributed by atoms with E-state index < -0.39 is 6.23 Å². The van der Waals surface area contributed by atoms with Gasteiger partial charge in [0.15, 0.2) is 0 Å². The van der Waals surface area contributed by atoms with Crippen LogP contribution in [0.3, 0.4) is 0 Å². The Hall–Kier alpha value is -0.200. The molecule has 0 aromatic rings. The third-order valence-corrected chi connectivity index (χ3v) is 1.80. The summed E-state index contributed by atoms with van der Waals surface area (Å²) in [5, 5.41) is 0. The Kier molecular flexibility index (Phi) is 2.22. The van der Waals surface area contributed by atoms with Crippen LogP contribution in [0, 0.1) is 0 Å². The van der Waals surface area contributed by atoms with Gasteiger partial charge in [0.05, 0.1) is 12.6 Å². The molecule has 1 heterocycles. The molecular weight excluding hydrogens is 132 g/mol. The lowest BCUT2D eigenvalue weighted by atomic mass is 9.99. The highest BCUT2D eigenvalue weighted by Crippen LogP contribution is 2.05. The fraction of sp³-hybridized carbons (Fsp3) is 1.00. The van der Waals surface area contributed by atoms with Crippen molar-refractivity contribution in [1.82, 2.24) is 0 Å². The van der Waals surface area contributed by atoms with Crippen molar-refractivity contribution in [3.63, 3.8) is 0 Å². The van der Waals surface area contributed by atoms with E-state index in [2.05, 4.69) is 0 Å². The summed E-state index contributed by atoms with van der Waals surface area (Å²) in [4.78, 5) is 0. The molecule has 0 radical (unpaired) electrons. The molecule has 5 nitrogen and oxygen atoms in total. The molecule has 1 rings (SSSR count). The van der Waals surface area contributed by atoms with E-state index in [0.717, 1.165) is 0 Å². The molecule has 1 aliphatic rings. The van der Waals surface area contributed by atoms with E-state index in [4.69, 9.17) is 27.7 Å². The minimum absolute atomic E-state index is 0.185. The highest BCUT2D eigenvalue weighted by atomic mass is 16.5. The molecule has 0 spiro atoms. The second-order valence-electron chi connectivity index (χ2n) is 2.62. The van der Waals surface area contributed by atoms with Crippen molar-refractivity contribution in [2.24, 2.45) is 22.9 Å². The van der Waals surface area contributed by atoms with Gasteiger partial charge in [-0.25, -0.2) is 0 Å². The van der Waals surface area contributed by atoms with E-state index in [1.54, 1.807) is 0 Å². The third-order valence-electron chi connectivity index (χ3n) is 1.80. The smallest absolute Gasteiger partial charge is 0.122 e. The maximum Gasteiger partial charge on any atom is 0.122 e. The summed E-state index contributed by atoms with van der Waals surface area (Å²) >= 11 is 0. The molecule has 4 atom stereocenters. The van der Waals surface area contributed by atoms with E-state index in [1.165, 1.54) is 0 Å². The van der Waals surface area contributed by atoms with Crippen LogP contribution in [0.2, 0.25) is 0 Å². The Balaban J connectivity index is 2.52. The molecular formula is C5H14N4O. The summed E-state index contributed by atoms with van der Waals surface area (Å²) in [7, 11) is 0. The molecule has 1 fully saturated rings. The minimum Gasteiger partial charge on any atom is -0.360 e. The van der Waals surface area contributed by atoms with Crippen LogP contribution >= 0.6 is 0 Å². The molecule has 0 aromatic heterocycles. The lowest BCUT2D eigenvalue weighted by Gasteiger charge is -2.35. The van der Waals surface area contributed by atoms with Crippen LogP contribution in [0.4, 0.5) is 0 Å². The molecule has 2 unspecified atom stereocenters. The zero-order chi connectivity index (χ0) is 7.72. The fourth-order valence-corrected chi connectivity index (χ4v) is 0.949. The second-order valence-corrected chi connectivity index (χ2v) is 2.62. The van der Waals surface area contributed by atoms with Crippen LogP contribution in [0.5, 0.6) is 0 Å². The lowest BCUT2D eigenvalue weighted by molar-refractivity contribution is -0.0141. The van der Waals surface area contributed by atoms with E-state index >= 15 is 0 Å². The summed E-state index contributed by atoms with van der Waals surface area (Å²) in [5.74, 6) is 0. The molecule has 0 bridgehead atoms. The molecule has 60 valence electrons. The average Bonchev–Trinajstić information content (AvgIpc) is 1.93. The summed E-state index contributed by atoms with van der Waals surface area (Å²) in [6.45, 7) is 0.399. The van der Waals surface area contributed by atoms with Crippen LogP contribution in [-0.4, -0.2) is 31.0 Å². The Labute approximate surface area is 59.7 Å². The number of hydrogen-bond donors (Lipinski definition) is 4. The first-order valence-electron chi connectivity index (χ1n) is 3.27. The first kappa shape index (κ1) is 7.90. The van der Waals surface area contributed by atoms with Gasteiger partial charge in [-0.3, -0.25) is 0 Å². The van der Waals surface area contributed by atoms with Gasteiger partial charge in [-0.05, 0) is 0 Å². The van der Waals surface area contributed by atoms with Gasteiger partial charge in [0.2, 0.25) is 0 Å². The SMILES string of the molecule is NC1C(N)[C@H](N)OC[C@H]1N. The summed E-state index contributed by atoms with van der Waals surface area (Å²) in [6.07, 6.45) is -0.463. The van der Waals surface area contributed by atoms with Gasteiger partial charge in [0, 0.05) is 12.1 Å². The summed E-state index contributed by atoms with van der Waals surface area (Å²) in [5.41, 5.74) is 22.2. The summed E-state index contributed by atoms with van der Waals surface area (Å²) < 4.78 is 5.02. The van der Waals surface area contributed by atoms with Gasteiger partial charge in [-0.1, -0.05) is 0 Å². The first-order chi connectivity index (χ1) is 4.63. The monoisotopic (exact) mass is 146 g/mol. The molecule has 10 heavy (non-hydrogen) atoms. The zero-order valence-electron chi connectivity index (χ0n) is 5.73. The number of hydrogen-bond acceptors (Lipinski definition) is 5. The molecule has 1 aliphatic heterocycles. The van der Waals surface area contributed by atoms with Crippen molar-refractivity contribution in [1.29, 1.82) is 0 Å². The van der Waals surface area contributed by atoms with Crippen LogP contribution in [0.1, 0.15) is 0 Å². The van der Waals surface area contributed by atoms with Crippen molar-refractivity contribution in [2.75, 3.05) is 6.61 Å². The highest BCUT2D eigenvalue weighted by Gasteiger charge is 2.31. The highest BCUT2D eigenvalue weighted by molar-refractivity contribution is 4.92. The predicted octanol–water partition coefficient (Wildman–Crippen LogP) is -2.72. The van der Waals surface area contributed by atoms with E-state index in [0.29, 0.717) is 6.61 Å². The maximum atomic E-state index is 5.60. The van der Waals surface area contributed by atoms with Crippen LogP contribution < -0.4 is 22.9 Å². The topological polar surface area (TPSA) is 113 Å². The zero-order valence-corrected chi connectivity index (χ0v) is 5.73. The molecule has 1 saturated heterocycles. The quantitative estimate of drug-likeness (QED) is 0.296. The van der Waals surface area contributed by atoms with Crippen molar-refractivity contribution in [3.8, 4) is 0 Å². The van der Waals surface area contributed by atoms with E-state index in [9.17, 15) is 0 Å². The molecule has 0 amide bonds. The van der Waals surface area contributed by atoms with E-state index in [-0.39, 0.29) is 18.1 Å². The molecule has 5 heteroatoms. The molecule has 8 N–H and O–H groups in total. The van der Waals surface area contributed by atoms with Gasteiger partial charge in [0.1, 0.15) is 6.23 Å². The number of nitrogens with two attached hydrogens (primary N) is 4. The van der Waals surface area contributed by atoms with E-state index in [1.807, 2.05) is 0 Å². The molecule has 0 aliphatic carbocycles. The van der Waals surface area contributed by atoms with Crippen molar-refractivity contribution >= 4 is 0 Å². The molecule has 0 saturated carbocycles. The number of ether oxygens (including phenoxy) is 1. The Morgan fingerprint density at radius 3 is 2.10 bits per heavy atom. The standard InChI is InChI=1S/C5H14N4O/c6-2-1-10-5(9)4(8)3(2)7/h2-5H,1,6-9H2/t2-,3?,4?,5-/m1/s1. The second kappa shape index (κ2) is 2.81. The van der Waals surface area contributed by atoms with Crippen LogP contribution in [0.25, 0.3) is 0 Å². The fourth-order valence-electron chi connectivity index (χ4n) is 0.949. The Morgan fingerprint density at radius 2 is 1.60 bits per heavy atom. The largest absolute Gasteiger partial charge is 0.360 e. The van der Waals surface area contributed by atoms with Crippen LogP contribution in [-0.2, 0) is 4.74 Å². The Bertz CT molecular complexity index is 106. The van der Waals surface area contributed by atoms with Gasteiger partial charge in [0.25, 0.3) is 0 Å². The Morgan fingerprint density at radius 1 is 1.00 bits per heavy atom. The normalized spacial score (nSPS) is 49.2. The third kappa shape index (κ3) is 1.28. The van der Waals surface area contributed by atoms with Crippen molar-refractivity contribution in [3.05, 3.63) is 0 Å². The van der Waals surface area contributed by atoms with Gasteiger partial charge >= 0.3 is 0 Å². The minimum atomic E-state index is -0.463. The maximum absolute atomic E-state index is 5.60. The summed E-state index contributed by atoms with van der Waals surface area (Å²) in [6, 6.07) is -0.776. The average molecular weight is 146 g/mol.